The lowest BCUT2D eigenvalue weighted by atomic mass is 10.2. The van der Waals surface area contributed by atoms with E-state index in [0.29, 0.717) is 5.56 Å². The minimum Gasteiger partial charge on any atom is -0.467 e. The standard InChI is InChI=1S/C14H19N3O3/c1-10(14(19)20-2)16-13(18)11-5-6-12(15-9-11)17-7-3-4-8-17/h5-6,9-10H,3-4,7-8H2,1-2H3,(H,16,18)/t10-/m0/s1. The van der Waals surface area contributed by atoms with Crippen LogP contribution in [0.15, 0.2) is 18.3 Å². The van der Waals surface area contributed by atoms with Gasteiger partial charge in [0.15, 0.2) is 0 Å². The third kappa shape index (κ3) is 3.26. The third-order valence-corrected chi connectivity index (χ3v) is 3.34. The molecule has 6 heteroatoms. The highest BCUT2D eigenvalue weighted by atomic mass is 16.5. The van der Waals surface area contributed by atoms with Crippen molar-refractivity contribution < 1.29 is 14.3 Å². The zero-order valence-electron chi connectivity index (χ0n) is 11.8. The highest BCUT2D eigenvalue weighted by molar-refractivity contribution is 5.96. The van der Waals surface area contributed by atoms with E-state index in [4.69, 9.17) is 0 Å². The predicted octanol–water partition coefficient (Wildman–Crippen LogP) is 0.973. The van der Waals surface area contributed by atoms with Crippen LogP contribution in [0.1, 0.15) is 30.1 Å². The molecule has 1 fully saturated rings. The van der Waals surface area contributed by atoms with Gasteiger partial charge in [-0.15, -0.1) is 0 Å². The van der Waals surface area contributed by atoms with Gasteiger partial charge < -0.3 is 15.0 Å². The molecule has 0 radical (unpaired) electrons. The third-order valence-electron chi connectivity index (χ3n) is 3.34. The minimum absolute atomic E-state index is 0.330. The smallest absolute Gasteiger partial charge is 0.328 e. The fraction of sp³-hybridized carbons (Fsp3) is 0.500. The first kappa shape index (κ1) is 14.3. The second kappa shape index (κ2) is 6.36. The summed E-state index contributed by atoms with van der Waals surface area (Å²) < 4.78 is 4.56. The van der Waals surface area contributed by atoms with E-state index in [2.05, 4.69) is 19.9 Å². The Bertz CT molecular complexity index is 481. The summed E-state index contributed by atoms with van der Waals surface area (Å²) in [6, 6.07) is 2.88. The lowest BCUT2D eigenvalue weighted by Crippen LogP contribution is -2.39. The van der Waals surface area contributed by atoms with E-state index < -0.39 is 12.0 Å². The van der Waals surface area contributed by atoms with Crippen LogP contribution >= 0.6 is 0 Å². The van der Waals surface area contributed by atoms with Crippen molar-refractivity contribution in [3.8, 4) is 0 Å². The van der Waals surface area contributed by atoms with Crippen LogP contribution in [0.25, 0.3) is 0 Å². The fourth-order valence-electron chi connectivity index (χ4n) is 2.17. The Morgan fingerprint density at radius 3 is 2.60 bits per heavy atom. The van der Waals surface area contributed by atoms with Crippen LogP contribution in [0.5, 0.6) is 0 Å². The summed E-state index contributed by atoms with van der Waals surface area (Å²) in [5.74, 6) is 0.0865. The highest BCUT2D eigenvalue weighted by Crippen LogP contribution is 2.17. The van der Waals surface area contributed by atoms with Gasteiger partial charge in [-0.05, 0) is 31.9 Å². The Balaban J connectivity index is 1.98. The van der Waals surface area contributed by atoms with Crippen LogP contribution in [0, 0.1) is 0 Å². The maximum Gasteiger partial charge on any atom is 0.328 e. The van der Waals surface area contributed by atoms with Crippen LogP contribution < -0.4 is 10.2 Å². The minimum atomic E-state index is -0.675. The number of carbonyl (C=O) groups is 2. The largest absolute Gasteiger partial charge is 0.467 e. The molecule has 1 saturated heterocycles. The number of ether oxygens (including phenoxy) is 1. The SMILES string of the molecule is COC(=O)[C@H](C)NC(=O)c1ccc(N2CCCC2)nc1. The van der Waals surface area contributed by atoms with Crippen molar-refractivity contribution in [2.24, 2.45) is 0 Å². The Morgan fingerprint density at radius 1 is 1.35 bits per heavy atom. The predicted molar refractivity (Wildman–Crippen MR) is 74.6 cm³/mol. The Hall–Kier alpha value is -2.11. The lowest BCUT2D eigenvalue weighted by Gasteiger charge is -2.16. The number of methoxy groups -OCH3 is 1. The van der Waals surface area contributed by atoms with Crippen molar-refractivity contribution in [1.29, 1.82) is 0 Å². The van der Waals surface area contributed by atoms with E-state index in [1.807, 2.05) is 6.07 Å². The second-order valence-corrected chi connectivity index (χ2v) is 4.82. The van der Waals surface area contributed by atoms with E-state index >= 15 is 0 Å². The van der Waals surface area contributed by atoms with Gasteiger partial charge in [-0.1, -0.05) is 0 Å². The van der Waals surface area contributed by atoms with Gasteiger partial charge >= 0.3 is 5.97 Å². The molecule has 20 heavy (non-hydrogen) atoms. The van der Waals surface area contributed by atoms with Gasteiger partial charge in [0.05, 0.1) is 12.7 Å². The molecular weight excluding hydrogens is 258 g/mol. The van der Waals surface area contributed by atoms with Gasteiger partial charge in [-0.2, -0.15) is 0 Å². The monoisotopic (exact) mass is 277 g/mol. The van der Waals surface area contributed by atoms with Crippen LogP contribution in [-0.4, -0.2) is 43.1 Å². The first-order valence-electron chi connectivity index (χ1n) is 6.71. The van der Waals surface area contributed by atoms with Gasteiger partial charge in [0.1, 0.15) is 11.9 Å². The van der Waals surface area contributed by atoms with Crippen molar-refractivity contribution in [1.82, 2.24) is 10.3 Å². The molecule has 1 atom stereocenters. The van der Waals surface area contributed by atoms with Gasteiger partial charge in [0, 0.05) is 19.3 Å². The van der Waals surface area contributed by atoms with E-state index in [1.54, 1.807) is 13.0 Å². The summed E-state index contributed by atoms with van der Waals surface area (Å²) in [5, 5.41) is 2.57. The molecule has 0 bridgehead atoms. The summed E-state index contributed by atoms with van der Waals surface area (Å²) in [7, 11) is 1.29. The van der Waals surface area contributed by atoms with E-state index in [-0.39, 0.29) is 5.91 Å². The van der Waals surface area contributed by atoms with Crippen LogP contribution in [-0.2, 0) is 9.53 Å². The Kier molecular flexibility index (Phi) is 4.55. The molecule has 1 aliphatic heterocycles. The molecule has 1 aliphatic rings. The normalized spacial score (nSPS) is 15.8. The average molecular weight is 277 g/mol. The maximum atomic E-state index is 11.9. The summed E-state index contributed by atoms with van der Waals surface area (Å²) in [6.45, 7) is 3.60. The van der Waals surface area contributed by atoms with Crippen molar-refractivity contribution >= 4 is 17.7 Å². The molecule has 0 spiro atoms. The number of nitrogens with zero attached hydrogens (tertiary/aromatic N) is 2. The number of aromatic nitrogens is 1. The first-order valence-corrected chi connectivity index (χ1v) is 6.71. The maximum absolute atomic E-state index is 11.9. The highest BCUT2D eigenvalue weighted by Gasteiger charge is 2.18. The zero-order chi connectivity index (χ0) is 14.5. The number of nitrogens with one attached hydrogen (secondary N) is 1. The molecule has 0 aliphatic carbocycles. The molecule has 2 rings (SSSR count). The first-order chi connectivity index (χ1) is 9.61. The van der Waals surface area contributed by atoms with Crippen molar-refractivity contribution in [2.75, 3.05) is 25.1 Å². The Morgan fingerprint density at radius 2 is 2.05 bits per heavy atom. The molecular formula is C14H19N3O3. The summed E-state index contributed by atoms with van der Waals surface area (Å²) in [6.07, 6.45) is 3.90. The molecule has 1 aromatic heterocycles. The molecule has 0 unspecified atom stereocenters. The van der Waals surface area contributed by atoms with Gasteiger partial charge in [0.25, 0.3) is 5.91 Å². The van der Waals surface area contributed by atoms with Crippen LogP contribution in [0.2, 0.25) is 0 Å². The number of amides is 1. The average Bonchev–Trinajstić information content (AvgIpc) is 3.00. The van der Waals surface area contributed by atoms with E-state index in [1.165, 1.54) is 26.1 Å². The lowest BCUT2D eigenvalue weighted by molar-refractivity contribution is -0.142. The molecule has 1 N–H and O–H groups in total. The fourth-order valence-corrected chi connectivity index (χ4v) is 2.17. The molecule has 2 heterocycles. The summed E-state index contributed by atoms with van der Waals surface area (Å²) in [5.41, 5.74) is 0.434. The number of esters is 1. The topological polar surface area (TPSA) is 71.5 Å². The molecule has 6 nitrogen and oxygen atoms in total. The number of pyridine rings is 1. The van der Waals surface area contributed by atoms with Crippen molar-refractivity contribution in [3.05, 3.63) is 23.9 Å². The summed E-state index contributed by atoms with van der Waals surface area (Å²) >= 11 is 0. The van der Waals surface area contributed by atoms with Crippen molar-refractivity contribution in [2.45, 2.75) is 25.8 Å². The number of hydrogen-bond donors (Lipinski definition) is 1. The van der Waals surface area contributed by atoms with Gasteiger partial charge in [0.2, 0.25) is 0 Å². The molecule has 0 saturated carbocycles. The summed E-state index contributed by atoms with van der Waals surface area (Å²) in [4.78, 5) is 29.7. The molecule has 1 aromatic rings. The van der Waals surface area contributed by atoms with Gasteiger partial charge in [-0.3, -0.25) is 4.79 Å². The van der Waals surface area contributed by atoms with Crippen LogP contribution in [0.4, 0.5) is 5.82 Å². The number of carbonyl (C=O) groups excluding carboxylic acids is 2. The number of rotatable bonds is 4. The van der Waals surface area contributed by atoms with E-state index in [9.17, 15) is 9.59 Å². The van der Waals surface area contributed by atoms with Crippen molar-refractivity contribution in [3.63, 3.8) is 0 Å². The molecule has 0 aromatic carbocycles. The number of hydrogen-bond acceptors (Lipinski definition) is 5. The molecule has 108 valence electrons. The zero-order valence-corrected chi connectivity index (χ0v) is 11.8. The van der Waals surface area contributed by atoms with Crippen LogP contribution in [0.3, 0.4) is 0 Å². The Labute approximate surface area is 118 Å². The quantitative estimate of drug-likeness (QED) is 0.830. The number of anilines is 1. The van der Waals surface area contributed by atoms with E-state index in [0.717, 1.165) is 18.9 Å². The second-order valence-electron chi connectivity index (χ2n) is 4.82. The van der Waals surface area contributed by atoms with Gasteiger partial charge in [-0.25, -0.2) is 9.78 Å². The molecule has 1 amide bonds.